The third kappa shape index (κ3) is 5.05. The quantitative estimate of drug-likeness (QED) is 0.799. The number of ketones is 1. The van der Waals surface area contributed by atoms with E-state index in [-0.39, 0.29) is 16.5 Å². The topological polar surface area (TPSA) is 33.2 Å². The van der Waals surface area contributed by atoms with E-state index in [1.54, 1.807) is 25.2 Å². The van der Waals surface area contributed by atoms with Crippen LogP contribution in [-0.4, -0.2) is 29.8 Å². The van der Waals surface area contributed by atoms with Gasteiger partial charge in [-0.1, -0.05) is 11.6 Å². The van der Waals surface area contributed by atoms with Crippen LogP contribution in [0.15, 0.2) is 30.6 Å². The Labute approximate surface area is 119 Å². The lowest BCUT2D eigenvalue weighted by Crippen LogP contribution is -2.05. The van der Waals surface area contributed by atoms with Gasteiger partial charge in [-0.15, -0.1) is 0 Å². The number of rotatable bonds is 4. The highest BCUT2D eigenvalue weighted by Gasteiger charge is 2.31. The van der Waals surface area contributed by atoms with Gasteiger partial charge in [0.1, 0.15) is 0 Å². The molecule has 0 aromatic carbocycles. The normalized spacial score (nSPS) is 12.3. The first-order valence-electron chi connectivity index (χ1n) is 5.49. The van der Waals surface area contributed by atoms with Crippen LogP contribution in [0.3, 0.4) is 0 Å². The molecule has 1 heterocycles. The SMILES string of the molecule is CN(C)/C=C/C(=O)/C=C/c1ncc(C(F)(F)F)cc1Cl. The summed E-state index contributed by atoms with van der Waals surface area (Å²) >= 11 is 5.70. The van der Waals surface area contributed by atoms with Crippen LogP contribution < -0.4 is 0 Å². The fraction of sp³-hybridized carbons (Fsp3) is 0.231. The highest BCUT2D eigenvalue weighted by molar-refractivity contribution is 6.32. The predicted octanol–water partition coefficient (Wildman–Crippen LogP) is 3.41. The molecule has 108 valence electrons. The first-order chi connectivity index (χ1) is 9.20. The molecule has 1 aromatic heterocycles. The summed E-state index contributed by atoms with van der Waals surface area (Å²) in [5.41, 5.74) is -0.829. The van der Waals surface area contributed by atoms with E-state index in [2.05, 4.69) is 4.98 Å². The Morgan fingerprint density at radius 2 is 2.00 bits per heavy atom. The predicted molar refractivity (Wildman–Crippen MR) is 71.1 cm³/mol. The summed E-state index contributed by atoms with van der Waals surface area (Å²) < 4.78 is 37.2. The molecule has 0 aliphatic heterocycles. The fourth-order valence-corrected chi connectivity index (χ4v) is 1.39. The van der Waals surface area contributed by atoms with Gasteiger partial charge in [-0.05, 0) is 18.2 Å². The van der Waals surface area contributed by atoms with Crippen molar-refractivity contribution in [2.24, 2.45) is 0 Å². The second kappa shape index (κ2) is 6.56. The number of nitrogens with zero attached hydrogens (tertiary/aromatic N) is 2. The molecule has 0 aliphatic carbocycles. The number of pyridine rings is 1. The maximum absolute atomic E-state index is 12.4. The van der Waals surface area contributed by atoms with Crippen molar-refractivity contribution >= 4 is 23.5 Å². The number of halogens is 4. The summed E-state index contributed by atoms with van der Waals surface area (Å²) in [7, 11) is 3.50. The Morgan fingerprint density at radius 1 is 1.35 bits per heavy atom. The minimum absolute atomic E-state index is 0.103. The summed E-state index contributed by atoms with van der Waals surface area (Å²) in [6.45, 7) is 0. The lowest BCUT2D eigenvalue weighted by atomic mass is 10.2. The third-order valence-corrected chi connectivity index (χ3v) is 2.44. The van der Waals surface area contributed by atoms with E-state index in [9.17, 15) is 18.0 Å². The van der Waals surface area contributed by atoms with E-state index in [1.807, 2.05) is 0 Å². The maximum atomic E-state index is 12.4. The van der Waals surface area contributed by atoms with E-state index in [4.69, 9.17) is 11.6 Å². The molecule has 0 bridgehead atoms. The van der Waals surface area contributed by atoms with Gasteiger partial charge in [0.2, 0.25) is 0 Å². The smallest absolute Gasteiger partial charge is 0.383 e. The minimum Gasteiger partial charge on any atom is -0.383 e. The van der Waals surface area contributed by atoms with Gasteiger partial charge >= 0.3 is 6.18 Å². The molecule has 0 atom stereocenters. The molecule has 20 heavy (non-hydrogen) atoms. The largest absolute Gasteiger partial charge is 0.417 e. The molecule has 0 N–H and O–H groups in total. The van der Waals surface area contributed by atoms with Gasteiger partial charge in [-0.3, -0.25) is 9.78 Å². The highest BCUT2D eigenvalue weighted by atomic mass is 35.5. The standard InChI is InChI=1S/C13H12ClF3N2O/c1-19(2)6-5-10(20)3-4-12-11(14)7-9(8-18-12)13(15,16)17/h3-8H,1-2H3/b4-3+,6-5+. The molecule has 1 aromatic rings. The third-order valence-electron chi connectivity index (χ3n) is 2.14. The minimum atomic E-state index is -4.50. The second-order valence-corrected chi connectivity index (χ2v) is 4.51. The Morgan fingerprint density at radius 3 is 2.50 bits per heavy atom. The molecular weight excluding hydrogens is 293 g/mol. The van der Waals surface area contributed by atoms with E-state index in [1.165, 1.54) is 18.2 Å². The molecule has 7 heteroatoms. The fourth-order valence-electron chi connectivity index (χ4n) is 1.17. The summed E-state index contributed by atoms with van der Waals surface area (Å²) in [6.07, 6.45) is 1.49. The average molecular weight is 305 g/mol. The molecule has 1 rings (SSSR count). The molecule has 0 aliphatic rings. The Balaban J connectivity index is 2.87. The van der Waals surface area contributed by atoms with E-state index < -0.39 is 11.7 Å². The monoisotopic (exact) mass is 304 g/mol. The number of hydrogen-bond donors (Lipinski definition) is 0. The molecule has 0 unspecified atom stereocenters. The van der Waals surface area contributed by atoms with Crippen LogP contribution in [0.4, 0.5) is 13.2 Å². The second-order valence-electron chi connectivity index (χ2n) is 4.10. The zero-order valence-corrected chi connectivity index (χ0v) is 11.5. The van der Waals surface area contributed by atoms with Gasteiger partial charge in [0, 0.05) is 32.6 Å². The van der Waals surface area contributed by atoms with Crippen molar-refractivity contribution in [2.75, 3.05) is 14.1 Å². The van der Waals surface area contributed by atoms with E-state index in [0.717, 1.165) is 6.07 Å². The first-order valence-corrected chi connectivity index (χ1v) is 5.87. The summed E-state index contributed by atoms with van der Waals surface area (Å²) in [6, 6.07) is 0.772. The number of allylic oxidation sites excluding steroid dienone is 2. The molecular formula is C13H12ClF3N2O. The molecule has 0 fully saturated rings. The van der Waals surface area contributed by atoms with Gasteiger partial charge in [-0.2, -0.15) is 13.2 Å². The molecule has 0 amide bonds. The van der Waals surface area contributed by atoms with Crippen LogP contribution in [0.5, 0.6) is 0 Å². The zero-order chi connectivity index (χ0) is 15.3. The van der Waals surface area contributed by atoms with Crippen molar-refractivity contribution in [2.45, 2.75) is 6.18 Å². The van der Waals surface area contributed by atoms with Gasteiger partial charge in [0.05, 0.1) is 16.3 Å². The van der Waals surface area contributed by atoms with Crippen LogP contribution in [0.25, 0.3) is 6.08 Å². The summed E-state index contributed by atoms with van der Waals surface area (Å²) in [5.74, 6) is -0.323. The molecule has 0 saturated heterocycles. The van der Waals surface area contributed by atoms with Crippen molar-refractivity contribution < 1.29 is 18.0 Å². The highest BCUT2D eigenvalue weighted by Crippen LogP contribution is 2.31. The van der Waals surface area contributed by atoms with Gasteiger partial charge in [0.25, 0.3) is 0 Å². The maximum Gasteiger partial charge on any atom is 0.417 e. The van der Waals surface area contributed by atoms with Crippen molar-refractivity contribution in [1.82, 2.24) is 9.88 Å². The van der Waals surface area contributed by atoms with Crippen LogP contribution in [0.1, 0.15) is 11.3 Å². The van der Waals surface area contributed by atoms with Crippen LogP contribution >= 0.6 is 11.6 Å². The number of carbonyl (C=O) groups excluding carboxylic acids is 1. The van der Waals surface area contributed by atoms with Gasteiger partial charge in [-0.25, -0.2) is 0 Å². The lowest BCUT2D eigenvalue weighted by molar-refractivity contribution is -0.137. The Kier molecular flexibility index (Phi) is 5.33. The van der Waals surface area contributed by atoms with Crippen molar-refractivity contribution in [3.8, 4) is 0 Å². The van der Waals surface area contributed by atoms with Gasteiger partial charge in [0.15, 0.2) is 5.78 Å². The molecule has 0 saturated carbocycles. The number of alkyl halides is 3. The molecule has 0 spiro atoms. The average Bonchev–Trinajstić information content (AvgIpc) is 2.33. The van der Waals surface area contributed by atoms with Crippen molar-refractivity contribution in [3.05, 3.63) is 46.9 Å². The lowest BCUT2D eigenvalue weighted by Gasteiger charge is -2.07. The van der Waals surface area contributed by atoms with Crippen molar-refractivity contribution in [3.63, 3.8) is 0 Å². The Hall–Kier alpha value is -1.82. The number of hydrogen-bond acceptors (Lipinski definition) is 3. The summed E-state index contributed by atoms with van der Waals surface area (Å²) in [5, 5.41) is -0.166. The Bertz CT molecular complexity index is 551. The summed E-state index contributed by atoms with van der Waals surface area (Å²) in [4.78, 5) is 16.7. The van der Waals surface area contributed by atoms with Crippen LogP contribution in [0, 0.1) is 0 Å². The zero-order valence-electron chi connectivity index (χ0n) is 10.8. The molecule has 3 nitrogen and oxygen atoms in total. The number of aromatic nitrogens is 1. The van der Waals surface area contributed by atoms with E-state index in [0.29, 0.717) is 6.20 Å². The van der Waals surface area contributed by atoms with Crippen LogP contribution in [-0.2, 0) is 11.0 Å². The number of carbonyl (C=O) groups is 1. The van der Waals surface area contributed by atoms with Gasteiger partial charge < -0.3 is 4.90 Å². The molecule has 0 radical (unpaired) electrons. The van der Waals surface area contributed by atoms with Crippen LogP contribution in [0.2, 0.25) is 5.02 Å². The van der Waals surface area contributed by atoms with E-state index >= 15 is 0 Å². The first kappa shape index (κ1) is 16.2. The van der Waals surface area contributed by atoms with Crippen molar-refractivity contribution in [1.29, 1.82) is 0 Å².